The van der Waals surface area contributed by atoms with Crippen LogP contribution in [0.2, 0.25) is 0 Å². The molecule has 0 unspecified atom stereocenters. The van der Waals surface area contributed by atoms with Crippen molar-refractivity contribution in [1.29, 1.82) is 0 Å². The van der Waals surface area contributed by atoms with Crippen molar-refractivity contribution in [3.63, 3.8) is 0 Å². The first-order valence-corrected chi connectivity index (χ1v) is 7.43. The molecule has 0 aliphatic heterocycles. The first-order chi connectivity index (χ1) is 9.27. The van der Waals surface area contributed by atoms with Crippen LogP contribution in [-0.4, -0.2) is 0 Å². The third kappa shape index (κ3) is 3.30. The molecule has 0 aliphatic carbocycles. The molecule has 0 heteroatoms. The van der Waals surface area contributed by atoms with Gasteiger partial charge in [0, 0.05) is 0 Å². The van der Waals surface area contributed by atoms with Crippen molar-refractivity contribution >= 4 is 0 Å². The minimum atomic E-state index is 0.206. The minimum Gasteiger partial charge on any atom is -0.0590 e. The van der Waals surface area contributed by atoms with Gasteiger partial charge in [-0.3, -0.25) is 0 Å². The molecule has 0 spiro atoms. The maximum absolute atomic E-state index is 2.34. The number of benzene rings is 2. The molecule has 2 aromatic carbocycles. The summed E-state index contributed by atoms with van der Waals surface area (Å²) in [5.74, 6) is 0. The predicted molar refractivity (Wildman–Crippen MR) is 88.6 cm³/mol. The molecule has 0 N–H and O–H groups in total. The highest BCUT2D eigenvalue weighted by molar-refractivity contribution is 5.43. The zero-order chi connectivity index (χ0) is 14.9. The Morgan fingerprint density at radius 3 is 1.95 bits per heavy atom. The molecule has 0 atom stereocenters. The van der Waals surface area contributed by atoms with Crippen LogP contribution in [0.25, 0.3) is 0 Å². The highest BCUT2D eigenvalue weighted by atomic mass is 14.2. The van der Waals surface area contributed by atoms with Gasteiger partial charge in [-0.25, -0.2) is 0 Å². The highest BCUT2D eigenvalue weighted by Crippen LogP contribution is 2.30. The van der Waals surface area contributed by atoms with E-state index in [1.165, 1.54) is 33.4 Å². The molecule has 0 aromatic heterocycles. The van der Waals surface area contributed by atoms with E-state index in [0.29, 0.717) is 0 Å². The van der Waals surface area contributed by atoms with E-state index in [2.05, 4.69) is 77.9 Å². The third-order valence-electron chi connectivity index (χ3n) is 3.98. The standard InChI is InChI=1S/C20H26/c1-14-7-9-17(10-8-14)13-18-11-15(2)12-19(16(18)3)20(4,5)6/h7-12H,13H2,1-6H3. The highest BCUT2D eigenvalue weighted by Gasteiger charge is 2.18. The van der Waals surface area contributed by atoms with Crippen LogP contribution in [0.3, 0.4) is 0 Å². The van der Waals surface area contributed by atoms with Gasteiger partial charge >= 0.3 is 0 Å². The largest absolute Gasteiger partial charge is 0.0590 e. The van der Waals surface area contributed by atoms with Gasteiger partial charge in [0.05, 0.1) is 0 Å². The van der Waals surface area contributed by atoms with E-state index >= 15 is 0 Å². The van der Waals surface area contributed by atoms with Crippen molar-refractivity contribution < 1.29 is 0 Å². The SMILES string of the molecule is Cc1ccc(Cc2cc(C)cc(C(C)(C)C)c2C)cc1. The summed E-state index contributed by atoms with van der Waals surface area (Å²) in [6.45, 7) is 13.5. The summed E-state index contributed by atoms with van der Waals surface area (Å²) in [5, 5.41) is 0. The Morgan fingerprint density at radius 1 is 0.800 bits per heavy atom. The second-order valence-electron chi connectivity index (χ2n) is 7.01. The quantitative estimate of drug-likeness (QED) is 0.673. The van der Waals surface area contributed by atoms with Crippen molar-refractivity contribution in [2.75, 3.05) is 0 Å². The second kappa shape index (κ2) is 5.44. The van der Waals surface area contributed by atoms with Crippen LogP contribution in [-0.2, 0) is 11.8 Å². The van der Waals surface area contributed by atoms with Crippen LogP contribution in [0, 0.1) is 20.8 Å². The van der Waals surface area contributed by atoms with Gasteiger partial charge < -0.3 is 0 Å². The molecule has 0 nitrogen and oxygen atoms in total. The summed E-state index contributed by atoms with van der Waals surface area (Å²) in [7, 11) is 0. The van der Waals surface area contributed by atoms with Crippen LogP contribution in [0.1, 0.15) is 54.2 Å². The fraction of sp³-hybridized carbons (Fsp3) is 0.400. The van der Waals surface area contributed by atoms with Gasteiger partial charge in [0.15, 0.2) is 0 Å². The first kappa shape index (κ1) is 14.8. The number of aryl methyl sites for hydroxylation is 2. The van der Waals surface area contributed by atoms with Crippen LogP contribution < -0.4 is 0 Å². The zero-order valence-corrected chi connectivity index (χ0v) is 13.7. The molecule has 2 rings (SSSR count). The molecule has 0 aliphatic rings. The maximum Gasteiger partial charge on any atom is -0.00229 e. The Hall–Kier alpha value is -1.56. The lowest BCUT2D eigenvalue weighted by molar-refractivity contribution is 0.584. The lowest BCUT2D eigenvalue weighted by Gasteiger charge is -2.24. The van der Waals surface area contributed by atoms with Crippen molar-refractivity contribution in [3.8, 4) is 0 Å². The lowest BCUT2D eigenvalue weighted by Crippen LogP contribution is -2.14. The number of hydrogen-bond donors (Lipinski definition) is 0. The maximum atomic E-state index is 2.34. The Labute approximate surface area is 123 Å². The molecule has 0 bridgehead atoms. The van der Waals surface area contributed by atoms with E-state index in [9.17, 15) is 0 Å². The minimum absolute atomic E-state index is 0.206. The molecule has 0 saturated carbocycles. The van der Waals surface area contributed by atoms with Crippen molar-refractivity contribution in [3.05, 3.63) is 69.8 Å². The van der Waals surface area contributed by atoms with Gasteiger partial charge in [-0.05, 0) is 54.9 Å². The molecule has 0 amide bonds. The second-order valence-corrected chi connectivity index (χ2v) is 7.01. The molecular weight excluding hydrogens is 240 g/mol. The molecule has 20 heavy (non-hydrogen) atoms. The normalized spacial score (nSPS) is 11.7. The van der Waals surface area contributed by atoms with Gasteiger partial charge in [0.25, 0.3) is 0 Å². The topological polar surface area (TPSA) is 0 Å². The van der Waals surface area contributed by atoms with Gasteiger partial charge in [-0.2, -0.15) is 0 Å². The molecule has 2 aromatic rings. The van der Waals surface area contributed by atoms with E-state index < -0.39 is 0 Å². The molecule has 0 radical (unpaired) electrons. The summed E-state index contributed by atoms with van der Waals surface area (Å²) in [6.07, 6.45) is 1.02. The fourth-order valence-corrected chi connectivity index (χ4v) is 2.82. The van der Waals surface area contributed by atoms with Crippen LogP contribution in [0.4, 0.5) is 0 Å². The number of rotatable bonds is 2. The molecule has 106 valence electrons. The third-order valence-corrected chi connectivity index (χ3v) is 3.98. The average molecular weight is 266 g/mol. The van der Waals surface area contributed by atoms with Crippen molar-refractivity contribution in [1.82, 2.24) is 0 Å². The number of hydrogen-bond acceptors (Lipinski definition) is 0. The fourth-order valence-electron chi connectivity index (χ4n) is 2.82. The Balaban J connectivity index is 2.42. The van der Waals surface area contributed by atoms with Crippen LogP contribution >= 0.6 is 0 Å². The van der Waals surface area contributed by atoms with Gasteiger partial charge in [0.1, 0.15) is 0 Å². The summed E-state index contributed by atoms with van der Waals surface area (Å²) in [5.41, 5.74) is 8.66. The molecule has 0 fully saturated rings. The van der Waals surface area contributed by atoms with Crippen LogP contribution in [0.15, 0.2) is 36.4 Å². The summed E-state index contributed by atoms with van der Waals surface area (Å²) in [4.78, 5) is 0. The van der Waals surface area contributed by atoms with E-state index in [-0.39, 0.29) is 5.41 Å². The summed E-state index contributed by atoms with van der Waals surface area (Å²) >= 11 is 0. The van der Waals surface area contributed by atoms with E-state index in [1.807, 2.05) is 0 Å². The molecule has 0 saturated heterocycles. The zero-order valence-electron chi connectivity index (χ0n) is 13.7. The van der Waals surface area contributed by atoms with Crippen molar-refractivity contribution in [2.45, 2.75) is 53.4 Å². The molecular formula is C20H26. The van der Waals surface area contributed by atoms with E-state index in [4.69, 9.17) is 0 Å². The van der Waals surface area contributed by atoms with Crippen LogP contribution in [0.5, 0.6) is 0 Å². The van der Waals surface area contributed by atoms with E-state index in [0.717, 1.165) is 6.42 Å². The van der Waals surface area contributed by atoms with Gasteiger partial charge in [-0.1, -0.05) is 68.3 Å². The first-order valence-electron chi connectivity index (χ1n) is 7.43. The average Bonchev–Trinajstić information content (AvgIpc) is 2.35. The Kier molecular flexibility index (Phi) is 4.04. The monoisotopic (exact) mass is 266 g/mol. The lowest BCUT2D eigenvalue weighted by atomic mass is 9.80. The summed E-state index contributed by atoms with van der Waals surface area (Å²) in [6, 6.07) is 13.6. The smallest absolute Gasteiger partial charge is 0.00229 e. The Morgan fingerprint density at radius 2 is 1.40 bits per heavy atom. The van der Waals surface area contributed by atoms with Crippen molar-refractivity contribution in [2.24, 2.45) is 0 Å². The van der Waals surface area contributed by atoms with Gasteiger partial charge in [-0.15, -0.1) is 0 Å². The van der Waals surface area contributed by atoms with E-state index in [1.54, 1.807) is 0 Å². The van der Waals surface area contributed by atoms with Gasteiger partial charge in [0.2, 0.25) is 0 Å². The summed E-state index contributed by atoms with van der Waals surface area (Å²) < 4.78 is 0. The Bertz CT molecular complexity index is 595. The predicted octanol–water partition coefficient (Wildman–Crippen LogP) is 5.50. The molecule has 0 heterocycles.